The van der Waals surface area contributed by atoms with Crippen molar-refractivity contribution in [3.63, 3.8) is 0 Å². The minimum Gasteiger partial charge on any atom is -0.445 e. The molecule has 0 aliphatic heterocycles. The van der Waals surface area contributed by atoms with Gasteiger partial charge in [-0.2, -0.15) is 0 Å². The lowest BCUT2D eigenvalue weighted by Crippen LogP contribution is -1.91. The smallest absolute Gasteiger partial charge is 0.193 e. The van der Waals surface area contributed by atoms with Gasteiger partial charge >= 0.3 is 0 Å². The van der Waals surface area contributed by atoms with Gasteiger partial charge in [0.1, 0.15) is 5.76 Å². The number of halogens is 1. The molecule has 1 aromatic rings. The van der Waals surface area contributed by atoms with E-state index < -0.39 is 0 Å². The third kappa shape index (κ3) is 1.90. The van der Waals surface area contributed by atoms with Crippen molar-refractivity contribution in [1.82, 2.24) is 0 Å². The molecule has 3 heteroatoms. The standard InChI is InChI=1S/C7H8ClNO/c8-7-4-3-6(10-7)2-1-5-9/h1-4H,5,9H2. The molecule has 0 spiro atoms. The van der Waals surface area contributed by atoms with Crippen LogP contribution < -0.4 is 5.73 Å². The number of hydrogen-bond acceptors (Lipinski definition) is 2. The second-order valence-corrected chi connectivity index (χ2v) is 2.15. The minimum absolute atomic E-state index is 0.400. The van der Waals surface area contributed by atoms with Crippen molar-refractivity contribution in [3.8, 4) is 0 Å². The third-order valence-electron chi connectivity index (χ3n) is 1.01. The van der Waals surface area contributed by atoms with Crippen LogP contribution in [0.1, 0.15) is 5.76 Å². The van der Waals surface area contributed by atoms with Crippen LogP contribution in [0, 0.1) is 0 Å². The first-order valence-corrected chi connectivity index (χ1v) is 3.32. The fourth-order valence-electron chi connectivity index (χ4n) is 0.602. The summed E-state index contributed by atoms with van der Waals surface area (Å²) in [5, 5.41) is 0.400. The molecular weight excluding hydrogens is 150 g/mol. The van der Waals surface area contributed by atoms with E-state index in [4.69, 9.17) is 21.8 Å². The van der Waals surface area contributed by atoms with E-state index >= 15 is 0 Å². The van der Waals surface area contributed by atoms with Gasteiger partial charge in [-0.1, -0.05) is 6.08 Å². The second-order valence-electron chi connectivity index (χ2n) is 1.78. The summed E-state index contributed by atoms with van der Waals surface area (Å²) in [6.07, 6.45) is 3.58. The molecule has 0 radical (unpaired) electrons. The number of rotatable bonds is 2. The average Bonchev–Trinajstić information content (AvgIpc) is 2.31. The Morgan fingerprint density at radius 2 is 2.40 bits per heavy atom. The van der Waals surface area contributed by atoms with Gasteiger partial charge in [-0.3, -0.25) is 0 Å². The van der Waals surface area contributed by atoms with Gasteiger partial charge in [-0.05, 0) is 29.8 Å². The second kappa shape index (κ2) is 3.44. The van der Waals surface area contributed by atoms with E-state index in [1.165, 1.54) is 0 Å². The lowest BCUT2D eigenvalue weighted by molar-refractivity contribution is 0.559. The molecule has 1 rings (SSSR count). The lowest BCUT2D eigenvalue weighted by atomic mass is 10.4. The van der Waals surface area contributed by atoms with E-state index in [1.807, 2.05) is 0 Å². The molecule has 0 saturated carbocycles. The maximum atomic E-state index is 5.51. The van der Waals surface area contributed by atoms with Crippen LogP contribution in [-0.2, 0) is 0 Å². The highest BCUT2D eigenvalue weighted by atomic mass is 35.5. The molecule has 2 N–H and O–H groups in total. The lowest BCUT2D eigenvalue weighted by Gasteiger charge is -1.81. The van der Waals surface area contributed by atoms with Gasteiger partial charge in [0.25, 0.3) is 0 Å². The summed E-state index contributed by atoms with van der Waals surface area (Å²) in [5.41, 5.74) is 5.22. The van der Waals surface area contributed by atoms with E-state index in [1.54, 1.807) is 24.3 Å². The Morgan fingerprint density at radius 1 is 1.60 bits per heavy atom. The van der Waals surface area contributed by atoms with Crippen LogP contribution in [0.25, 0.3) is 6.08 Å². The van der Waals surface area contributed by atoms with E-state index in [-0.39, 0.29) is 0 Å². The highest BCUT2D eigenvalue weighted by molar-refractivity contribution is 6.28. The largest absolute Gasteiger partial charge is 0.445 e. The summed E-state index contributed by atoms with van der Waals surface area (Å²) < 4.78 is 5.01. The summed E-state index contributed by atoms with van der Waals surface area (Å²) in [4.78, 5) is 0. The highest BCUT2D eigenvalue weighted by Gasteiger charge is 1.92. The Morgan fingerprint density at radius 3 is 2.90 bits per heavy atom. The van der Waals surface area contributed by atoms with Crippen molar-refractivity contribution < 1.29 is 4.42 Å². The average molecular weight is 158 g/mol. The molecule has 54 valence electrons. The van der Waals surface area contributed by atoms with Crippen LogP contribution in [0.2, 0.25) is 5.22 Å². The van der Waals surface area contributed by atoms with Crippen LogP contribution in [0.4, 0.5) is 0 Å². The van der Waals surface area contributed by atoms with E-state index in [9.17, 15) is 0 Å². The predicted molar refractivity (Wildman–Crippen MR) is 41.8 cm³/mol. The van der Waals surface area contributed by atoms with Gasteiger partial charge in [0.2, 0.25) is 0 Å². The zero-order valence-electron chi connectivity index (χ0n) is 5.38. The van der Waals surface area contributed by atoms with E-state index in [2.05, 4.69) is 0 Å². The van der Waals surface area contributed by atoms with Crippen molar-refractivity contribution >= 4 is 17.7 Å². The number of furan rings is 1. The van der Waals surface area contributed by atoms with Gasteiger partial charge in [0, 0.05) is 6.54 Å². The Bertz CT molecular complexity index is 229. The molecule has 0 aliphatic carbocycles. The van der Waals surface area contributed by atoms with E-state index in [0.717, 1.165) is 5.76 Å². The third-order valence-corrected chi connectivity index (χ3v) is 1.22. The topological polar surface area (TPSA) is 39.2 Å². The fourth-order valence-corrected chi connectivity index (χ4v) is 0.754. The summed E-state index contributed by atoms with van der Waals surface area (Å²) in [6.45, 7) is 0.512. The molecule has 1 aromatic heterocycles. The molecule has 2 nitrogen and oxygen atoms in total. The van der Waals surface area contributed by atoms with Crippen LogP contribution in [0.3, 0.4) is 0 Å². The molecule has 0 atom stereocenters. The summed E-state index contributed by atoms with van der Waals surface area (Å²) >= 11 is 5.51. The molecule has 0 aliphatic rings. The molecule has 0 bridgehead atoms. The number of nitrogens with two attached hydrogens (primary N) is 1. The predicted octanol–water partition coefficient (Wildman–Crippen LogP) is 1.90. The van der Waals surface area contributed by atoms with Gasteiger partial charge < -0.3 is 10.2 Å². The number of hydrogen-bond donors (Lipinski definition) is 1. The van der Waals surface area contributed by atoms with Crippen LogP contribution in [0.15, 0.2) is 22.6 Å². The van der Waals surface area contributed by atoms with Crippen molar-refractivity contribution in [2.45, 2.75) is 0 Å². The summed E-state index contributed by atoms with van der Waals surface area (Å²) in [5.74, 6) is 0.732. The maximum absolute atomic E-state index is 5.51. The maximum Gasteiger partial charge on any atom is 0.193 e. The van der Waals surface area contributed by atoms with Crippen LogP contribution in [0.5, 0.6) is 0 Å². The monoisotopic (exact) mass is 157 g/mol. The molecule has 0 aromatic carbocycles. The molecule has 1 heterocycles. The molecular formula is C7H8ClNO. The molecule has 10 heavy (non-hydrogen) atoms. The highest BCUT2D eigenvalue weighted by Crippen LogP contribution is 2.13. The summed E-state index contributed by atoms with van der Waals surface area (Å²) in [6, 6.07) is 3.48. The first-order valence-electron chi connectivity index (χ1n) is 2.95. The Kier molecular flexibility index (Phi) is 2.54. The van der Waals surface area contributed by atoms with Crippen molar-refractivity contribution in [1.29, 1.82) is 0 Å². The van der Waals surface area contributed by atoms with Gasteiger partial charge in [0.05, 0.1) is 0 Å². The Labute approximate surface area is 64.3 Å². The normalized spacial score (nSPS) is 11.0. The molecule has 0 amide bonds. The van der Waals surface area contributed by atoms with Crippen molar-refractivity contribution in [2.75, 3.05) is 6.54 Å². The Hall–Kier alpha value is -0.730. The first-order chi connectivity index (χ1) is 4.83. The van der Waals surface area contributed by atoms with Crippen LogP contribution >= 0.6 is 11.6 Å². The molecule has 0 fully saturated rings. The van der Waals surface area contributed by atoms with Gasteiger partial charge in [-0.25, -0.2) is 0 Å². The zero-order chi connectivity index (χ0) is 7.40. The van der Waals surface area contributed by atoms with Gasteiger partial charge in [-0.15, -0.1) is 0 Å². The Balaban J connectivity index is 2.67. The quantitative estimate of drug-likeness (QED) is 0.712. The SMILES string of the molecule is NCC=Cc1ccc(Cl)o1. The minimum atomic E-state index is 0.400. The molecule has 0 saturated heterocycles. The van der Waals surface area contributed by atoms with Gasteiger partial charge in [0.15, 0.2) is 5.22 Å². The molecule has 0 unspecified atom stereocenters. The zero-order valence-corrected chi connectivity index (χ0v) is 6.14. The van der Waals surface area contributed by atoms with Crippen LogP contribution in [-0.4, -0.2) is 6.54 Å². The van der Waals surface area contributed by atoms with Crippen molar-refractivity contribution in [2.24, 2.45) is 5.73 Å². The van der Waals surface area contributed by atoms with E-state index in [0.29, 0.717) is 11.8 Å². The summed E-state index contributed by atoms with van der Waals surface area (Å²) in [7, 11) is 0. The fraction of sp³-hybridized carbons (Fsp3) is 0.143. The first kappa shape index (κ1) is 7.38. The van der Waals surface area contributed by atoms with Crippen molar-refractivity contribution in [3.05, 3.63) is 29.2 Å².